The van der Waals surface area contributed by atoms with Gasteiger partial charge in [0.2, 0.25) is 0 Å². The highest BCUT2D eigenvalue weighted by Gasteiger charge is 2.33. The van der Waals surface area contributed by atoms with Gasteiger partial charge in [-0.25, -0.2) is 0 Å². The number of benzene rings is 1. The van der Waals surface area contributed by atoms with Crippen LogP contribution in [0.15, 0.2) is 30.3 Å². The minimum atomic E-state index is -0.134. The van der Waals surface area contributed by atoms with Gasteiger partial charge in [0.1, 0.15) is 5.78 Å². The van der Waals surface area contributed by atoms with E-state index in [0.29, 0.717) is 18.1 Å². The maximum Gasteiger partial charge on any atom is 0.134 e. The van der Waals surface area contributed by atoms with E-state index in [9.17, 15) is 4.79 Å². The lowest BCUT2D eigenvalue weighted by molar-refractivity contribution is -0.123. The largest absolute Gasteiger partial charge is 0.300 e. The van der Waals surface area contributed by atoms with Gasteiger partial charge in [-0.15, -0.1) is 0 Å². The molecule has 0 heterocycles. The quantitative estimate of drug-likeness (QED) is 0.619. The summed E-state index contributed by atoms with van der Waals surface area (Å²) in [6, 6.07) is 9.97. The van der Waals surface area contributed by atoms with Crippen LogP contribution in [0, 0.1) is 23.2 Å². The zero-order valence-electron chi connectivity index (χ0n) is 10.5. The van der Waals surface area contributed by atoms with Crippen molar-refractivity contribution in [2.75, 3.05) is 0 Å². The number of hydrogen-bond donors (Lipinski definition) is 0. The van der Waals surface area contributed by atoms with Crippen molar-refractivity contribution in [2.24, 2.45) is 11.3 Å². The predicted octanol–water partition coefficient (Wildman–Crippen LogP) is 3.43. The van der Waals surface area contributed by atoms with Crippen LogP contribution in [-0.2, 0) is 4.79 Å². The Morgan fingerprint density at radius 3 is 2.65 bits per heavy atom. The number of Topliss-reactive ketones (excluding diaryl/α,β-unsaturated/α-hetero) is 1. The van der Waals surface area contributed by atoms with Crippen LogP contribution in [0.25, 0.3) is 0 Å². The lowest BCUT2D eigenvalue weighted by Crippen LogP contribution is -2.29. The Bertz CT molecular complexity index is 463. The van der Waals surface area contributed by atoms with E-state index < -0.39 is 0 Å². The summed E-state index contributed by atoms with van der Waals surface area (Å²) in [7, 11) is 0. The molecule has 1 aromatic carbocycles. The van der Waals surface area contributed by atoms with Crippen LogP contribution < -0.4 is 0 Å². The fourth-order valence-corrected chi connectivity index (χ4v) is 2.65. The second-order valence-corrected chi connectivity index (χ2v) is 5.41. The molecule has 2 rings (SSSR count). The molecule has 1 aliphatic rings. The SMILES string of the molecule is C[C@H]1CC(=O)C[C@@](C)(C#Cc2ccccc2)C1. The number of carbonyl (C=O) groups is 1. The average Bonchev–Trinajstić information content (AvgIpc) is 2.26. The van der Waals surface area contributed by atoms with Crippen molar-refractivity contribution in [3.63, 3.8) is 0 Å². The first kappa shape index (κ1) is 11.9. The van der Waals surface area contributed by atoms with E-state index in [4.69, 9.17) is 0 Å². The molecule has 0 spiro atoms. The molecule has 1 aliphatic carbocycles. The van der Waals surface area contributed by atoms with E-state index in [1.165, 1.54) is 0 Å². The Hall–Kier alpha value is -1.55. The molecular weight excluding hydrogens is 208 g/mol. The third kappa shape index (κ3) is 3.20. The summed E-state index contributed by atoms with van der Waals surface area (Å²) in [6.45, 7) is 4.25. The standard InChI is InChI=1S/C16H18O/c1-13-10-15(17)12-16(2,11-13)9-8-14-6-4-3-5-7-14/h3-7,13H,10-12H2,1-2H3/t13-,16-/m0/s1. The Kier molecular flexibility index (Phi) is 3.33. The van der Waals surface area contributed by atoms with Crippen LogP contribution in [0.2, 0.25) is 0 Å². The zero-order valence-corrected chi connectivity index (χ0v) is 10.5. The molecule has 1 heteroatoms. The summed E-state index contributed by atoms with van der Waals surface area (Å²) in [5.74, 6) is 7.32. The van der Waals surface area contributed by atoms with Crippen molar-refractivity contribution in [1.29, 1.82) is 0 Å². The molecule has 1 fully saturated rings. The summed E-state index contributed by atoms with van der Waals surface area (Å²) in [4.78, 5) is 11.6. The van der Waals surface area contributed by atoms with E-state index in [0.717, 1.165) is 18.4 Å². The smallest absolute Gasteiger partial charge is 0.134 e. The molecule has 0 saturated heterocycles. The van der Waals surface area contributed by atoms with Crippen LogP contribution in [0.1, 0.15) is 38.7 Å². The van der Waals surface area contributed by atoms with Crippen LogP contribution in [0.3, 0.4) is 0 Å². The first-order valence-corrected chi connectivity index (χ1v) is 6.17. The van der Waals surface area contributed by atoms with E-state index in [2.05, 4.69) is 25.7 Å². The molecule has 1 nitrogen and oxygen atoms in total. The highest BCUT2D eigenvalue weighted by Crippen LogP contribution is 2.36. The monoisotopic (exact) mass is 226 g/mol. The van der Waals surface area contributed by atoms with Crippen LogP contribution in [0.5, 0.6) is 0 Å². The number of carbonyl (C=O) groups excluding carboxylic acids is 1. The number of hydrogen-bond acceptors (Lipinski definition) is 1. The van der Waals surface area contributed by atoms with Crippen LogP contribution >= 0.6 is 0 Å². The van der Waals surface area contributed by atoms with Gasteiger partial charge in [0, 0.05) is 23.8 Å². The topological polar surface area (TPSA) is 17.1 Å². The van der Waals surface area contributed by atoms with Crippen molar-refractivity contribution < 1.29 is 4.79 Å². The second-order valence-electron chi connectivity index (χ2n) is 5.41. The average molecular weight is 226 g/mol. The van der Waals surface area contributed by atoms with Crippen molar-refractivity contribution in [2.45, 2.75) is 33.1 Å². The van der Waals surface area contributed by atoms with Crippen molar-refractivity contribution in [1.82, 2.24) is 0 Å². The van der Waals surface area contributed by atoms with Gasteiger partial charge < -0.3 is 0 Å². The Morgan fingerprint density at radius 1 is 1.29 bits per heavy atom. The van der Waals surface area contributed by atoms with Crippen LogP contribution in [-0.4, -0.2) is 5.78 Å². The van der Waals surface area contributed by atoms with Gasteiger partial charge in [0.25, 0.3) is 0 Å². The van der Waals surface area contributed by atoms with E-state index in [1.54, 1.807) is 0 Å². The summed E-state index contributed by atoms with van der Waals surface area (Å²) in [5, 5.41) is 0. The lowest BCUT2D eigenvalue weighted by atomic mass is 9.71. The lowest BCUT2D eigenvalue weighted by Gasteiger charge is -2.31. The Balaban J connectivity index is 2.17. The molecule has 0 aromatic heterocycles. The van der Waals surface area contributed by atoms with Gasteiger partial charge in [-0.05, 0) is 31.4 Å². The fourth-order valence-electron chi connectivity index (χ4n) is 2.65. The van der Waals surface area contributed by atoms with Gasteiger partial charge in [-0.2, -0.15) is 0 Å². The highest BCUT2D eigenvalue weighted by atomic mass is 16.1. The summed E-state index contributed by atoms with van der Waals surface area (Å²) < 4.78 is 0. The minimum Gasteiger partial charge on any atom is -0.300 e. The third-order valence-corrected chi connectivity index (χ3v) is 3.24. The molecule has 1 aromatic rings. The van der Waals surface area contributed by atoms with Crippen molar-refractivity contribution in [3.8, 4) is 11.8 Å². The first-order chi connectivity index (χ1) is 8.07. The zero-order chi connectivity index (χ0) is 12.3. The predicted molar refractivity (Wildman–Crippen MR) is 69.4 cm³/mol. The molecule has 0 unspecified atom stereocenters. The third-order valence-electron chi connectivity index (χ3n) is 3.24. The fraction of sp³-hybridized carbons (Fsp3) is 0.438. The van der Waals surface area contributed by atoms with Gasteiger partial charge in [-0.3, -0.25) is 4.79 Å². The summed E-state index contributed by atoms with van der Waals surface area (Å²) in [6.07, 6.45) is 2.36. The maximum absolute atomic E-state index is 11.6. The highest BCUT2D eigenvalue weighted by molar-refractivity contribution is 5.80. The van der Waals surface area contributed by atoms with Gasteiger partial charge >= 0.3 is 0 Å². The first-order valence-electron chi connectivity index (χ1n) is 6.17. The molecule has 0 radical (unpaired) electrons. The van der Waals surface area contributed by atoms with Gasteiger partial charge in [0.15, 0.2) is 0 Å². The Morgan fingerprint density at radius 2 is 2.00 bits per heavy atom. The molecule has 1 saturated carbocycles. The number of rotatable bonds is 0. The molecule has 0 bridgehead atoms. The molecule has 88 valence electrons. The molecule has 0 amide bonds. The van der Waals surface area contributed by atoms with E-state index >= 15 is 0 Å². The van der Waals surface area contributed by atoms with E-state index in [1.807, 2.05) is 30.3 Å². The molecule has 0 aliphatic heterocycles. The van der Waals surface area contributed by atoms with Gasteiger partial charge in [-0.1, -0.05) is 37.0 Å². The van der Waals surface area contributed by atoms with Crippen molar-refractivity contribution in [3.05, 3.63) is 35.9 Å². The number of ketones is 1. The van der Waals surface area contributed by atoms with Crippen molar-refractivity contribution >= 4 is 5.78 Å². The van der Waals surface area contributed by atoms with Crippen LogP contribution in [0.4, 0.5) is 0 Å². The molecular formula is C16H18O. The maximum atomic E-state index is 11.6. The molecule has 2 atom stereocenters. The molecule has 0 N–H and O–H groups in total. The normalized spacial score (nSPS) is 28.4. The minimum absolute atomic E-state index is 0.134. The Labute approximate surface area is 103 Å². The van der Waals surface area contributed by atoms with Gasteiger partial charge in [0.05, 0.1) is 0 Å². The van der Waals surface area contributed by atoms with E-state index in [-0.39, 0.29) is 5.41 Å². The summed E-state index contributed by atoms with van der Waals surface area (Å²) >= 11 is 0. The summed E-state index contributed by atoms with van der Waals surface area (Å²) in [5.41, 5.74) is 0.893. The molecule has 17 heavy (non-hydrogen) atoms. The second kappa shape index (κ2) is 4.75.